The van der Waals surface area contributed by atoms with Crippen molar-refractivity contribution in [2.75, 3.05) is 17.2 Å². The van der Waals surface area contributed by atoms with E-state index in [2.05, 4.69) is 13.8 Å². The van der Waals surface area contributed by atoms with Crippen LogP contribution < -0.4 is 11.3 Å². The summed E-state index contributed by atoms with van der Waals surface area (Å²) in [6, 6.07) is -0.280. The molecule has 1 unspecified atom stereocenters. The zero-order valence-corrected chi connectivity index (χ0v) is 13.8. The van der Waals surface area contributed by atoms with E-state index < -0.39 is 9.84 Å². The number of nitrogen functional groups attached to an aromatic ring is 1. The molecule has 0 aliphatic carbocycles. The average Bonchev–Trinajstić information content (AvgIpc) is 2.83. The van der Waals surface area contributed by atoms with E-state index in [9.17, 15) is 13.2 Å². The molecule has 1 aliphatic rings. The highest BCUT2D eigenvalue weighted by Crippen LogP contribution is 2.25. The number of nitrogens with two attached hydrogens (primary N) is 1. The molecule has 2 heterocycles. The van der Waals surface area contributed by atoms with Gasteiger partial charge in [0.05, 0.1) is 23.2 Å². The minimum Gasteiger partial charge on any atom is -0.393 e. The van der Waals surface area contributed by atoms with Crippen LogP contribution in [0.4, 0.5) is 5.69 Å². The van der Waals surface area contributed by atoms with Crippen molar-refractivity contribution in [3.05, 3.63) is 16.0 Å². The maximum atomic E-state index is 12.5. The molecule has 21 heavy (non-hydrogen) atoms. The van der Waals surface area contributed by atoms with E-state index in [4.69, 9.17) is 5.73 Å². The maximum absolute atomic E-state index is 12.5. The molecule has 1 aliphatic heterocycles. The van der Waals surface area contributed by atoms with E-state index in [0.717, 1.165) is 18.5 Å². The SMILES string of the molecule is CCCn1c(CC(C)C)c(N)c(=O)n1C1CCS(=O)(=O)C1. The third-order valence-corrected chi connectivity index (χ3v) is 5.66. The van der Waals surface area contributed by atoms with Gasteiger partial charge in [-0.1, -0.05) is 20.8 Å². The van der Waals surface area contributed by atoms with Gasteiger partial charge in [-0.15, -0.1) is 0 Å². The number of rotatable bonds is 5. The second-order valence-electron chi connectivity index (χ2n) is 6.29. The fraction of sp³-hybridized carbons (Fsp3) is 0.786. The smallest absolute Gasteiger partial charge is 0.290 e. The summed E-state index contributed by atoms with van der Waals surface area (Å²) in [6.07, 6.45) is 2.10. The highest BCUT2D eigenvalue weighted by Gasteiger charge is 2.33. The molecule has 0 radical (unpaired) electrons. The highest BCUT2D eigenvalue weighted by molar-refractivity contribution is 7.91. The van der Waals surface area contributed by atoms with Crippen LogP contribution in [0.2, 0.25) is 0 Å². The van der Waals surface area contributed by atoms with Crippen LogP contribution in [0, 0.1) is 5.92 Å². The Morgan fingerprint density at radius 3 is 2.52 bits per heavy atom. The van der Waals surface area contributed by atoms with Crippen molar-refractivity contribution in [3.63, 3.8) is 0 Å². The van der Waals surface area contributed by atoms with Gasteiger partial charge in [0.15, 0.2) is 9.84 Å². The largest absolute Gasteiger partial charge is 0.393 e. The van der Waals surface area contributed by atoms with Crippen LogP contribution in [-0.4, -0.2) is 29.3 Å². The maximum Gasteiger partial charge on any atom is 0.290 e. The molecule has 1 aromatic rings. The van der Waals surface area contributed by atoms with Gasteiger partial charge in [0.2, 0.25) is 0 Å². The van der Waals surface area contributed by atoms with Crippen LogP contribution in [0.1, 0.15) is 45.3 Å². The number of aromatic nitrogens is 2. The summed E-state index contributed by atoms with van der Waals surface area (Å²) in [4.78, 5) is 12.5. The summed E-state index contributed by atoms with van der Waals surface area (Å²) in [7, 11) is -3.03. The molecule has 1 aromatic heterocycles. The van der Waals surface area contributed by atoms with Gasteiger partial charge < -0.3 is 5.73 Å². The Hall–Kier alpha value is -1.24. The summed E-state index contributed by atoms with van der Waals surface area (Å²) in [5, 5.41) is 0. The molecule has 7 heteroatoms. The van der Waals surface area contributed by atoms with Gasteiger partial charge in [-0.25, -0.2) is 13.1 Å². The predicted molar refractivity (Wildman–Crippen MR) is 84.2 cm³/mol. The Kier molecular flexibility index (Phi) is 4.51. The van der Waals surface area contributed by atoms with Gasteiger partial charge in [-0.2, -0.15) is 0 Å². The van der Waals surface area contributed by atoms with Crippen LogP contribution >= 0.6 is 0 Å². The van der Waals surface area contributed by atoms with Crippen molar-refractivity contribution >= 4 is 15.5 Å². The van der Waals surface area contributed by atoms with Gasteiger partial charge >= 0.3 is 0 Å². The quantitative estimate of drug-likeness (QED) is 0.884. The van der Waals surface area contributed by atoms with Crippen molar-refractivity contribution in [2.45, 2.75) is 52.6 Å². The minimum absolute atomic E-state index is 0.0429. The monoisotopic (exact) mass is 315 g/mol. The first-order chi connectivity index (χ1) is 9.76. The van der Waals surface area contributed by atoms with Gasteiger partial charge in [0.25, 0.3) is 5.56 Å². The number of hydrogen-bond acceptors (Lipinski definition) is 4. The molecule has 2 N–H and O–H groups in total. The third-order valence-electron chi connectivity index (χ3n) is 3.91. The number of sulfone groups is 1. The Bertz CT molecular complexity index is 670. The lowest BCUT2D eigenvalue weighted by Gasteiger charge is -2.19. The van der Waals surface area contributed by atoms with Crippen molar-refractivity contribution in [2.24, 2.45) is 5.92 Å². The predicted octanol–water partition coefficient (Wildman–Crippen LogP) is 1.20. The summed E-state index contributed by atoms with van der Waals surface area (Å²) >= 11 is 0. The van der Waals surface area contributed by atoms with Crippen molar-refractivity contribution in [1.82, 2.24) is 9.36 Å². The van der Waals surface area contributed by atoms with Crippen LogP contribution in [0.3, 0.4) is 0 Å². The zero-order valence-electron chi connectivity index (χ0n) is 13.0. The van der Waals surface area contributed by atoms with Crippen LogP contribution in [0.5, 0.6) is 0 Å². The van der Waals surface area contributed by atoms with E-state index in [0.29, 0.717) is 18.9 Å². The van der Waals surface area contributed by atoms with E-state index in [1.54, 1.807) is 4.68 Å². The first-order valence-corrected chi connectivity index (χ1v) is 9.39. The molecule has 6 nitrogen and oxygen atoms in total. The molecule has 0 saturated carbocycles. The van der Waals surface area contributed by atoms with Crippen molar-refractivity contribution in [1.29, 1.82) is 0 Å². The average molecular weight is 315 g/mol. The molecule has 2 rings (SSSR count). The van der Waals surface area contributed by atoms with Crippen LogP contribution in [0.15, 0.2) is 4.79 Å². The summed E-state index contributed by atoms with van der Waals surface area (Å²) in [5.74, 6) is 0.583. The van der Waals surface area contributed by atoms with E-state index >= 15 is 0 Å². The topological polar surface area (TPSA) is 87.1 Å². The Balaban J connectivity index is 2.52. The first kappa shape index (κ1) is 16.1. The van der Waals surface area contributed by atoms with Gasteiger partial charge in [0.1, 0.15) is 5.69 Å². The minimum atomic E-state index is -3.03. The summed E-state index contributed by atoms with van der Waals surface area (Å²) in [5.41, 5.74) is 6.91. The van der Waals surface area contributed by atoms with E-state index in [1.165, 1.54) is 0 Å². The lowest BCUT2D eigenvalue weighted by Crippen LogP contribution is -2.29. The normalized spacial score (nSPS) is 21.2. The van der Waals surface area contributed by atoms with Crippen molar-refractivity contribution in [3.8, 4) is 0 Å². The van der Waals surface area contributed by atoms with Gasteiger partial charge in [-0.05, 0) is 25.2 Å². The summed E-state index contributed by atoms with van der Waals surface area (Å²) in [6.45, 7) is 6.88. The number of nitrogens with zero attached hydrogens (tertiary/aromatic N) is 2. The van der Waals surface area contributed by atoms with Crippen molar-refractivity contribution < 1.29 is 8.42 Å². The molecule has 1 fully saturated rings. The molecule has 0 bridgehead atoms. The first-order valence-electron chi connectivity index (χ1n) is 7.57. The third kappa shape index (κ3) is 3.17. The molecule has 120 valence electrons. The molecule has 0 spiro atoms. The Labute approximate surface area is 125 Å². The van der Waals surface area contributed by atoms with Crippen LogP contribution in [-0.2, 0) is 22.8 Å². The molecule has 0 aromatic carbocycles. The molecule has 1 atom stereocenters. The molecular formula is C14H25N3O3S. The number of anilines is 1. The second-order valence-corrected chi connectivity index (χ2v) is 8.52. The summed E-state index contributed by atoms with van der Waals surface area (Å²) < 4.78 is 26.9. The standard InChI is InChI=1S/C14H25N3O3S/c1-4-6-16-12(8-10(2)3)13(15)14(18)17(16)11-5-7-21(19,20)9-11/h10-11H,4-9,15H2,1-3H3. The fourth-order valence-electron chi connectivity index (χ4n) is 3.01. The second kappa shape index (κ2) is 5.87. The zero-order chi connectivity index (χ0) is 15.8. The lowest BCUT2D eigenvalue weighted by atomic mass is 10.1. The van der Waals surface area contributed by atoms with Crippen LogP contribution in [0.25, 0.3) is 0 Å². The number of hydrogen-bond donors (Lipinski definition) is 1. The Morgan fingerprint density at radius 2 is 2.05 bits per heavy atom. The molecule has 0 amide bonds. The molecular weight excluding hydrogens is 290 g/mol. The van der Waals surface area contributed by atoms with Gasteiger partial charge in [-0.3, -0.25) is 9.48 Å². The molecule has 1 saturated heterocycles. The lowest BCUT2D eigenvalue weighted by molar-refractivity contribution is 0.368. The fourth-order valence-corrected chi connectivity index (χ4v) is 4.71. The van der Waals surface area contributed by atoms with E-state index in [-0.39, 0.29) is 28.8 Å². The Morgan fingerprint density at radius 1 is 1.38 bits per heavy atom. The highest BCUT2D eigenvalue weighted by atomic mass is 32.2. The van der Waals surface area contributed by atoms with Gasteiger partial charge in [0, 0.05) is 6.54 Å². The van der Waals surface area contributed by atoms with E-state index in [1.807, 2.05) is 11.6 Å².